The molecule has 0 saturated heterocycles. The first-order chi connectivity index (χ1) is 10.9. The molecule has 0 atom stereocenters. The van der Waals surface area contributed by atoms with Crippen LogP contribution >= 0.6 is 11.3 Å². The third-order valence-electron chi connectivity index (χ3n) is 4.07. The molecule has 3 heterocycles. The van der Waals surface area contributed by atoms with Gasteiger partial charge in [-0.05, 0) is 35.0 Å². The Bertz CT molecular complexity index is 1120. The first-order valence-electron chi connectivity index (χ1n) is 7.25. The van der Waals surface area contributed by atoms with E-state index in [1.54, 1.807) is 11.3 Å². The highest BCUT2D eigenvalue weighted by Crippen LogP contribution is 2.33. The minimum Gasteiger partial charge on any atom is -0.291 e. The van der Waals surface area contributed by atoms with Crippen LogP contribution in [0.15, 0.2) is 72.1 Å². The number of hydrogen-bond acceptors (Lipinski definition) is 2. The number of hydrogen-bond donors (Lipinski definition) is 0. The molecule has 3 aromatic heterocycles. The maximum atomic E-state index is 4.88. The van der Waals surface area contributed by atoms with Crippen molar-refractivity contribution in [2.24, 2.45) is 0 Å². The van der Waals surface area contributed by atoms with Gasteiger partial charge >= 0.3 is 0 Å². The van der Waals surface area contributed by atoms with E-state index in [4.69, 9.17) is 4.98 Å². The Morgan fingerprint density at radius 3 is 2.64 bits per heavy atom. The summed E-state index contributed by atoms with van der Waals surface area (Å²) in [6.07, 6.45) is 0. The first-order valence-corrected chi connectivity index (χ1v) is 8.12. The van der Waals surface area contributed by atoms with E-state index in [0.717, 1.165) is 16.7 Å². The predicted octanol–water partition coefficient (Wildman–Crippen LogP) is 5.37. The van der Waals surface area contributed by atoms with Crippen LogP contribution in [0.1, 0.15) is 0 Å². The predicted molar refractivity (Wildman–Crippen MR) is 93.5 cm³/mol. The van der Waals surface area contributed by atoms with Crippen molar-refractivity contribution in [3.8, 4) is 10.6 Å². The summed E-state index contributed by atoms with van der Waals surface area (Å²) in [6.45, 7) is 0. The molecular formula is C19H12N2S. The van der Waals surface area contributed by atoms with Gasteiger partial charge in [0.25, 0.3) is 0 Å². The lowest BCUT2D eigenvalue weighted by molar-refractivity contribution is 1.26. The lowest BCUT2D eigenvalue weighted by atomic mass is 10.1. The number of aromatic nitrogens is 2. The molecule has 0 bridgehead atoms. The van der Waals surface area contributed by atoms with Crippen molar-refractivity contribution in [2.45, 2.75) is 0 Å². The van der Waals surface area contributed by atoms with Gasteiger partial charge in [-0.15, -0.1) is 11.3 Å². The molecule has 3 heteroatoms. The highest BCUT2D eigenvalue weighted by atomic mass is 32.1. The number of fused-ring (bicyclic) bond motifs is 5. The molecule has 0 aliphatic heterocycles. The normalized spacial score (nSPS) is 11.6. The van der Waals surface area contributed by atoms with Crippen LogP contribution in [0.25, 0.3) is 38.0 Å². The average molecular weight is 300 g/mol. The van der Waals surface area contributed by atoms with Crippen molar-refractivity contribution in [1.29, 1.82) is 0 Å². The molecule has 2 aromatic carbocycles. The fourth-order valence-electron chi connectivity index (χ4n) is 3.09. The third-order valence-corrected chi connectivity index (χ3v) is 4.96. The first kappa shape index (κ1) is 12.0. The molecule has 5 rings (SSSR count). The molecule has 0 radical (unpaired) electrons. The standard InChI is InChI=1S/C19H12N2S/c1-2-7-14-13(6-1)12-17(18-10-5-11-22-18)21-16-9-4-3-8-15(16)20-19(14)21/h1-12H. The highest BCUT2D eigenvalue weighted by Gasteiger charge is 2.13. The summed E-state index contributed by atoms with van der Waals surface area (Å²) in [4.78, 5) is 6.14. The molecule has 0 saturated carbocycles. The van der Waals surface area contributed by atoms with Crippen LogP contribution in [0.3, 0.4) is 0 Å². The summed E-state index contributed by atoms with van der Waals surface area (Å²) in [7, 11) is 0. The van der Waals surface area contributed by atoms with Crippen LogP contribution in [0, 0.1) is 0 Å². The van der Waals surface area contributed by atoms with Gasteiger partial charge in [-0.25, -0.2) is 4.98 Å². The molecule has 104 valence electrons. The van der Waals surface area contributed by atoms with Crippen LogP contribution < -0.4 is 0 Å². The fourth-order valence-corrected chi connectivity index (χ4v) is 3.83. The van der Waals surface area contributed by atoms with E-state index in [1.165, 1.54) is 21.3 Å². The molecule has 0 aliphatic carbocycles. The topological polar surface area (TPSA) is 17.3 Å². The van der Waals surface area contributed by atoms with Gasteiger partial charge in [-0.2, -0.15) is 0 Å². The Morgan fingerprint density at radius 2 is 1.73 bits per heavy atom. The number of rotatable bonds is 1. The Morgan fingerprint density at radius 1 is 0.864 bits per heavy atom. The molecule has 0 aliphatic rings. The Labute approximate surface area is 131 Å². The smallest absolute Gasteiger partial charge is 0.146 e. The van der Waals surface area contributed by atoms with Crippen LogP contribution in [0.4, 0.5) is 0 Å². The van der Waals surface area contributed by atoms with Crippen LogP contribution in [-0.2, 0) is 0 Å². The van der Waals surface area contributed by atoms with Crippen molar-refractivity contribution in [2.75, 3.05) is 0 Å². The van der Waals surface area contributed by atoms with Gasteiger partial charge in [0.15, 0.2) is 0 Å². The number of pyridine rings is 1. The van der Waals surface area contributed by atoms with Gasteiger partial charge < -0.3 is 0 Å². The maximum Gasteiger partial charge on any atom is 0.146 e. The van der Waals surface area contributed by atoms with E-state index in [-0.39, 0.29) is 0 Å². The van der Waals surface area contributed by atoms with Gasteiger partial charge in [0.2, 0.25) is 0 Å². The zero-order chi connectivity index (χ0) is 14.5. The van der Waals surface area contributed by atoms with Crippen molar-refractivity contribution < 1.29 is 0 Å². The van der Waals surface area contributed by atoms with Crippen molar-refractivity contribution in [3.63, 3.8) is 0 Å². The van der Waals surface area contributed by atoms with Crippen molar-refractivity contribution in [1.82, 2.24) is 9.38 Å². The SMILES string of the molecule is c1csc(-c2cc3ccccc3c3nc4ccccc4n23)c1. The molecule has 0 spiro atoms. The minimum absolute atomic E-state index is 1.03. The number of thiophene rings is 1. The highest BCUT2D eigenvalue weighted by molar-refractivity contribution is 7.13. The van der Waals surface area contributed by atoms with E-state index in [2.05, 4.69) is 70.4 Å². The Balaban J connectivity index is 2.09. The quantitative estimate of drug-likeness (QED) is 0.407. The van der Waals surface area contributed by atoms with Gasteiger partial charge in [0.1, 0.15) is 5.65 Å². The maximum absolute atomic E-state index is 4.88. The minimum atomic E-state index is 1.03. The summed E-state index contributed by atoms with van der Waals surface area (Å²) in [5, 5.41) is 4.54. The lowest BCUT2D eigenvalue weighted by Gasteiger charge is -2.08. The second kappa shape index (κ2) is 4.42. The molecule has 0 amide bonds. The lowest BCUT2D eigenvalue weighted by Crippen LogP contribution is -1.92. The van der Waals surface area contributed by atoms with E-state index in [0.29, 0.717) is 0 Å². The Hall–Kier alpha value is -2.65. The largest absolute Gasteiger partial charge is 0.291 e. The molecule has 0 fully saturated rings. The summed E-state index contributed by atoms with van der Waals surface area (Å²) >= 11 is 1.76. The molecule has 2 nitrogen and oxygen atoms in total. The molecule has 0 unspecified atom stereocenters. The zero-order valence-corrected chi connectivity index (χ0v) is 12.5. The summed E-state index contributed by atoms with van der Waals surface area (Å²) in [6, 6.07) is 23.3. The summed E-state index contributed by atoms with van der Waals surface area (Å²) < 4.78 is 2.28. The molecule has 22 heavy (non-hydrogen) atoms. The van der Waals surface area contributed by atoms with Gasteiger partial charge in [-0.1, -0.05) is 42.5 Å². The average Bonchev–Trinajstić information content (AvgIpc) is 3.22. The van der Waals surface area contributed by atoms with Crippen LogP contribution in [0.2, 0.25) is 0 Å². The van der Waals surface area contributed by atoms with E-state index >= 15 is 0 Å². The molecule has 0 N–H and O–H groups in total. The fraction of sp³-hybridized carbons (Fsp3) is 0. The number of nitrogens with zero attached hydrogens (tertiary/aromatic N) is 2. The van der Waals surface area contributed by atoms with E-state index < -0.39 is 0 Å². The van der Waals surface area contributed by atoms with Gasteiger partial charge in [0.05, 0.1) is 21.6 Å². The number of benzene rings is 2. The van der Waals surface area contributed by atoms with E-state index in [9.17, 15) is 0 Å². The Kier molecular flexibility index (Phi) is 2.40. The second-order valence-electron chi connectivity index (χ2n) is 5.35. The second-order valence-corrected chi connectivity index (χ2v) is 6.30. The number of para-hydroxylation sites is 2. The van der Waals surface area contributed by atoms with Crippen molar-refractivity contribution in [3.05, 3.63) is 72.1 Å². The van der Waals surface area contributed by atoms with E-state index in [1.807, 2.05) is 6.07 Å². The zero-order valence-electron chi connectivity index (χ0n) is 11.7. The monoisotopic (exact) mass is 300 g/mol. The summed E-state index contributed by atoms with van der Waals surface area (Å²) in [5.41, 5.74) is 4.43. The summed E-state index contributed by atoms with van der Waals surface area (Å²) in [5.74, 6) is 0. The van der Waals surface area contributed by atoms with Crippen LogP contribution in [-0.4, -0.2) is 9.38 Å². The van der Waals surface area contributed by atoms with Crippen LogP contribution in [0.5, 0.6) is 0 Å². The number of imidazole rings is 1. The van der Waals surface area contributed by atoms with Gasteiger partial charge in [-0.3, -0.25) is 4.40 Å². The third kappa shape index (κ3) is 1.57. The molecule has 5 aromatic rings. The van der Waals surface area contributed by atoms with Crippen molar-refractivity contribution >= 4 is 38.8 Å². The molecular weight excluding hydrogens is 288 g/mol. The van der Waals surface area contributed by atoms with Gasteiger partial charge in [0, 0.05) is 5.39 Å².